The number of benzene rings is 1. The third kappa shape index (κ3) is 7.22. The zero-order valence-corrected chi connectivity index (χ0v) is 14.9. The van der Waals surface area contributed by atoms with Gasteiger partial charge in [-0.1, -0.05) is 32.1 Å². The second-order valence-electron chi connectivity index (χ2n) is 5.79. The number of anilines is 1. The second-order valence-corrected chi connectivity index (χ2v) is 6.20. The maximum Gasteiger partial charge on any atom is 0.186 e. The van der Waals surface area contributed by atoms with Gasteiger partial charge in [0.2, 0.25) is 0 Å². The molecular formula is C17H26N4S. The molecule has 5 heteroatoms. The van der Waals surface area contributed by atoms with Crippen molar-refractivity contribution in [3.63, 3.8) is 0 Å². The molecule has 0 atom stereocenters. The molecular weight excluding hydrogens is 292 g/mol. The molecule has 2 N–H and O–H groups in total. The van der Waals surface area contributed by atoms with Gasteiger partial charge in [-0.15, -0.1) is 0 Å². The molecule has 1 aromatic rings. The van der Waals surface area contributed by atoms with E-state index in [9.17, 15) is 0 Å². The SMILES string of the molecule is CC(/C=C/c1ccc(N(C)C)cc1)=N\NC(=S)NCC(C)C. The normalized spacial score (nSPS) is 11.8. The third-order valence-corrected chi connectivity index (χ3v) is 3.17. The highest BCUT2D eigenvalue weighted by atomic mass is 32.1. The lowest BCUT2D eigenvalue weighted by Crippen LogP contribution is -2.34. The summed E-state index contributed by atoms with van der Waals surface area (Å²) in [5.41, 5.74) is 6.04. The van der Waals surface area contributed by atoms with Gasteiger partial charge >= 0.3 is 0 Å². The van der Waals surface area contributed by atoms with Crippen LogP contribution >= 0.6 is 12.2 Å². The largest absolute Gasteiger partial charge is 0.378 e. The molecule has 0 aliphatic heterocycles. The number of hydrogen-bond donors (Lipinski definition) is 2. The van der Waals surface area contributed by atoms with E-state index in [4.69, 9.17) is 12.2 Å². The van der Waals surface area contributed by atoms with Crippen molar-refractivity contribution in [3.05, 3.63) is 35.9 Å². The van der Waals surface area contributed by atoms with Crippen molar-refractivity contribution in [1.82, 2.24) is 10.7 Å². The van der Waals surface area contributed by atoms with Crippen LogP contribution in [0.4, 0.5) is 5.69 Å². The number of allylic oxidation sites excluding steroid dienone is 1. The number of hydrogen-bond acceptors (Lipinski definition) is 3. The average molecular weight is 318 g/mol. The minimum absolute atomic E-state index is 0.551. The topological polar surface area (TPSA) is 39.7 Å². The van der Waals surface area contributed by atoms with Crippen LogP contribution in [0.5, 0.6) is 0 Å². The lowest BCUT2D eigenvalue weighted by atomic mass is 10.2. The van der Waals surface area contributed by atoms with E-state index < -0.39 is 0 Å². The van der Waals surface area contributed by atoms with Crippen LogP contribution in [0.15, 0.2) is 35.4 Å². The summed E-state index contributed by atoms with van der Waals surface area (Å²) < 4.78 is 0. The predicted molar refractivity (Wildman–Crippen MR) is 101 cm³/mol. The minimum Gasteiger partial charge on any atom is -0.378 e. The third-order valence-electron chi connectivity index (χ3n) is 2.93. The second kappa shape index (κ2) is 9.20. The van der Waals surface area contributed by atoms with E-state index in [0.717, 1.165) is 17.8 Å². The van der Waals surface area contributed by atoms with Gasteiger partial charge in [0, 0.05) is 26.3 Å². The van der Waals surface area contributed by atoms with Gasteiger partial charge in [-0.25, -0.2) is 0 Å². The first kappa shape index (κ1) is 18.2. The quantitative estimate of drug-likeness (QED) is 0.480. The van der Waals surface area contributed by atoms with Crippen LogP contribution in [-0.2, 0) is 0 Å². The maximum absolute atomic E-state index is 5.15. The van der Waals surface area contributed by atoms with Gasteiger partial charge in [0.05, 0.1) is 5.71 Å². The first-order valence-electron chi connectivity index (χ1n) is 7.42. The van der Waals surface area contributed by atoms with E-state index in [0.29, 0.717) is 11.0 Å². The minimum atomic E-state index is 0.551. The molecule has 0 aliphatic carbocycles. The molecule has 0 spiro atoms. The van der Waals surface area contributed by atoms with Crippen LogP contribution in [0.1, 0.15) is 26.3 Å². The molecule has 0 heterocycles. The molecule has 4 nitrogen and oxygen atoms in total. The summed E-state index contributed by atoms with van der Waals surface area (Å²) in [7, 11) is 4.06. The Hall–Kier alpha value is -1.88. The molecule has 0 radical (unpaired) electrons. The number of nitrogens with one attached hydrogen (secondary N) is 2. The van der Waals surface area contributed by atoms with Crippen LogP contribution < -0.4 is 15.6 Å². The van der Waals surface area contributed by atoms with Crippen molar-refractivity contribution in [2.75, 3.05) is 25.5 Å². The zero-order valence-electron chi connectivity index (χ0n) is 14.1. The highest BCUT2D eigenvalue weighted by molar-refractivity contribution is 7.80. The van der Waals surface area contributed by atoms with Gasteiger partial charge in [0.1, 0.15) is 0 Å². The fourth-order valence-electron chi connectivity index (χ4n) is 1.61. The molecule has 1 aromatic carbocycles. The fraction of sp³-hybridized carbons (Fsp3) is 0.412. The van der Waals surface area contributed by atoms with Gasteiger partial charge < -0.3 is 10.2 Å². The Bertz CT molecular complexity index is 530. The van der Waals surface area contributed by atoms with Gasteiger partial charge in [0.25, 0.3) is 0 Å². The van der Waals surface area contributed by atoms with Crippen LogP contribution in [0, 0.1) is 5.92 Å². The lowest BCUT2D eigenvalue weighted by molar-refractivity contribution is 0.621. The Morgan fingerprint density at radius 2 is 1.91 bits per heavy atom. The van der Waals surface area contributed by atoms with E-state index in [1.165, 1.54) is 5.69 Å². The van der Waals surface area contributed by atoms with Crippen molar-refractivity contribution in [2.45, 2.75) is 20.8 Å². The van der Waals surface area contributed by atoms with Crippen molar-refractivity contribution < 1.29 is 0 Å². The molecule has 0 saturated carbocycles. The summed E-state index contributed by atoms with van der Waals surface area (Å²) in [6.07, 6.45) is 3.99. The van der Waals surface area contributed by atoms with Crippen LogP contribution in [0.25, 0.3) is 6.08 Å². The summed E-state index contributed by atoms with van der Waals surface area (Å²) in [6, 6.07) is 8.35. The fourth-order valence-corrected chi connectivity index (χ4v) is 1.74. The monoisotopic (exact) mass is 318 g/mol. The van der Waals surface area contributed by atoms with E-state index in [1.807, 2.05) is 33.2 Å². The van der Waals surface area contributed by atoms with Crippen molar-refractivity contribution in [3.8, 4) is 0 Å². The first-order chi connectivity index (χ1) is 10.4. The van der Waals surface area contributed by atoms with Crippen molar-refractivity contribution in [1.29, 1.82) is 0 Å². The first-order valence-corrected chi connectivity index (χ1v) is 7.83. The summed E-state index contributed by atoms with van der Waals surface area (Å²) in [5.74, 6) is 0.551. The Morgan fingerprint density at radius 3 is 2.45 bits per heavy atom. The standard InChI is InChI=1S/C17H26N4S/c1-13(2)12-18-17(22)20-19-14(3)6-7-15-8-10-16(11-9-15)21(4)5/h6-11,13H,12H2,1-5H3,(H2,18,20,22)/b7-6+,19-14+. The molecule has 0 unspecified atom stereocenters. The Kier molecular flexibility index (Phi) is 7.60. The summed E-state index contributed by atoms with van der Waals surface area (Å²) in [4.78, 5) is 2.08. The number of nitrogens with zero attached hydrogens (tertiary/aromatic N) is 2. The zero-order chi connectivity index (χ0) is 16.5. The van der Waals surface area contributed by atoms with E-state index >= 15 is 0 Å². The molecule has 22 heavy (non-hydrogen) atoms. The Balaban J connectivity index is 2.50. The van der Waals surface area contributed by atoms with Gasteiger partial charge in [0.15, 0.2) is 5.11 Å². The van der Waals surface area contributed by atoms with Crippen LogP contribution in [-0.4, -0.2) is 31.5 Å². The Morgan fingerprint density at radius 1 is 1.27 bits per heavy atom. The summed E-state index contributed by atoms with van der Waals surface area (Å²) in [5, 5.41) is 7.90. The molecule has 0 aromatic heterocycles. The molecule has 1 rings (SSSR count). The summed E-state index contributed by atoms with van der Waals surface area (Å²) in [6.45, 7) is 7.04. The van der Waals surface area contributed by atoms with E-state index in [-0.39, 0.29) is 0 Å². The number of thiocarbonyl (C=S) groups is 1. The van der Waals surface area contributed by atoms with Crippen LogP contribution in [0.3, 0.4) is 0 Å². The number of hydrazone groups is 1. The van der Waals surface area contributed by atoms with Gasteiger partial charge in [-0.2, -0.15) is 5.10 Å². The smallest absolute Gasteiger partial charge is 0.186 e. The molecule has 0 aliphatic rings. The number of rotatable bonds is 6. The molecule has 0 fully saturated rings. The molecule has 0 bridgehead atoms. The molecule has 120 valence electrons. The molecule has 0 saturated heterocycles. The van der Waals surface area contributed by atoms with Crippen LogP contribution in [0.2, 0.25) is 0 Å². The molecule has 0 amide bonds. The predicted octanol–water partition coefficient (Wildman–Crippen LogP) is 3.26. The van der Waals surface area contributed by atoms with Gasteiger partial charge in [-0.3, -0.25) is 5.43 Å². The van der Waals surface area contributed by atoms with Crippen molar-refractivity contribution >= 4 is 34.8 Å². The summed E-state index contributed by atoms with van der Waals surface area (Å²) >= 11 is 5.15. The average Bonchev–Trinajstić information content (AvgIpc) is 2.49. The van der Waals surface area contributed by atoms with Gasteiger partial charge in [-0.05, 0) is 48.8 Å². The highest BCUT2D eigenvalue weighted by Crippen LogP contribution is 2.13. The van der Waals surface area contributed by atoms with Crippen molar-refractivity contribution in [2.24, 2.45) is 11.0 Å². The highest BCUT2D eigenvalue weighted by Gasteiger charge is 1.96. The van der Waals surface area contributed by atoms with E-state index in [2.05, 4.69) is 58.9 Å². The van der Waals surface area contributed by atoms with E-state index in [1.54, 1.807) is 0 Å². The lowest BCUT2D eigenvalue weighted by Gasteiger charge is -2.11. The Labute approximate surface area is 139 Å². The maximum atomic E-state index is 5.15.